The van der Waals surface area contributed by atoms with Crippen molar-refractivity contribution in [3.63, 3.8) is 0 Å². The van der Waals surface area contributed by atoms with Crippen molar-refractivity contribution < 1.29 is 4.39 Å². The summed E-state index contributed by atoms with van der Waals surface area (Å²) < 4.78 is 13.2. The molecule has 1 aromatic carbocycles. The molecule has 3 heteroatoms. The van der Waals surface area contributed by atoms with E-state index in [-0.39, 0.29) is 5.82 Å². The van der Waals surface area contributed by atoms with Crippen LogP contribution < -0.4 is 5.32 Å². The van der Waals surface area contributed by atoms with E-state index in [0.717, 1.165) is 18.2 Å². The van der Waals surface area contributed by atoms with Crippen LogP contribution in [0.5, 0.6) is 0 Å². The molecule has 2 nitrogen and oxygen atoms in total. The monoisotopic (exact) mass is 262 g/mol. The fraction of sp³-hybridized carbons (Fsp3) is 0.625. The number of piperidine rings is 1. The molecule has 1 unspecified atom stereocenters. The fourth-order valence-electron chi connectivity index (χ4n) is 3.65. The number of benzene rings is 1. The minimum Gasteiger partial charge on any atom is -0.384 e. The second-order valence-electron chi connectivity index (χ2n) is 5.90. The molecule has 1 fully saturated rings. The zero-order valence-electron chi connectivity index (χ0n) is 11.7. The summed E-state index contributed by atoms with van der Waals surface area (Å²) in [4.78, 5) is 2.57. The summed E-state index contributed by atoms with van der Waals surface area (Å²) in [6, 6.07) is 5.22. The highest BCUT2D eigenvalue weighted by molar-refractivity contribution is 5.58. The topological polar surface area (TPSA) is 15.3 Å². The molecule has 1 N–H and O–H groups in total. The van der Waals surface area contributed by atoms with Crippen molar-refractivity contribution in [3.05, 3.63) is 29.6 Å². The number of likely N-dealkylation sites (tertiary alicyclic amines) is 1. The quantitative estimate of drug-likeness (QED) is 0.897. The second-order valence-corrected chi connectivity index (χ2v) is 5.90. The van der Waals surface area contributed by atoms with Crippen LogP contribution in [0.15, 0.2) is 18.2 Å². The number of hydrogen-bond acceptors (Lipinski definition) is 2. The lowest BCUT2D eigenvalue weighted by Gasteiger charge is -2.34. The van der Waals surface area contributed by atoms with Crippen LogP contribution in [0.1, 0.15) is 37.7 Å². The van der Waals surface area contributed by atoms with Gasteiger partial charge in [0.2, 0.25) is 0 Å². The van der Waals surface area contributed by atoms with E-state index >= 15 is 0 Å². The lowest BCUT2D eigenvalue weighted by Crippen LogP contribution is -2.36. The van der Waals surface area contributed by atoms with Crippen LogP contribution >= 0.6 is 0 Å². The molecular formula is C16H23FN2. The Morgan fingerprint density at radius 2 is 2.11 bits per heavy atom. The predicted molar refractivity (Wildman–Crippen MR) is 77.1 cm³/mol. The first-order valence-corrected chi connectivity index (χ1v) is 7.53. The molecule has 0 spiro atoms. The molecule has 0 aliphatic carbocycles. The molecule has 0 amide bonds. The van der Waals surface area contributed by atoms with Crippen molar-refractivity contribution >= 4 is 5.69 Å². The molecule has 2 heterocycles. The van der Waals surface area contributed by atoms with Crippen LogP contribution in [0, 0.1) is 11.7 Å². The third-order valence-electron chi connectivity index (χ3n) is 4.67. The maximum atomic E-state index is 13.2. The summed E-state index contributed by atoms with van der Waals surface area (Å²) in [6.45, 7) is 6.92. The van der Waals surface area contributed by atoms with Gasteiger partial charge in [0, 0.05) is 18.2 Å². The van der Waals surface area contributed by atoms with E-state index in [2.05, 4.69) is 17.1 Å². The Kier molecular flexibility index (Phi) is 3.74. The van der Waals surface area contributed by atoms with Gasteiger partial charge in [-0.05, 0) is 62.5 Å². The molecule has 0 radical (unpaired) electrons. The van der Waals surface area contributed by atoms with E-state index in [1.165, 1.54) is 44.5 Å². The molecule has 2 aliphatic heterocycles. The van der Waals surface area contributed by atoms with Gasteiger partial charge in [-0.15, -0.1) is 0 Å². The number of anilines is 1. The summed E-state index contributed by atoms with van der Waals surface area (Å²) in [6.07, 6.45) is 3.81. The molecule has 3 rings (SSSR count). The minimum atomic E-state index is -0.135. The average Bonchev–Trinajstić information content (AvgIpc) is 2.83. The number of halogens is 1. The van der Waals surface area contributed by atoms with Crippen LogP contribution in [0.2, 0.25) is 0 Å². The summed E-state index contributed by atoms with van der Waals surface area (Å²) >= 11 is 0. The Bertz CT molecular complexity index is 438. The van der Waals surface area contributed by atoms with Gasteiger partial charge >= 0.3 is 0 Å². The van der Waals surface area contributed by atoms with E-state index in [1.54, 1.807) is 12.1 Å². The Balaban J connectivity index is 1.66. The highest BCUT2D eigenvalue weighted by atomic mass is 19.1. The Hall–Kier alpha value is -1.09. The summed E-state index contributed by atoms with van der Waals surface area (Å²) in [5.74, 6) is 1.20. The van der Waals surface area contributed by atoms with Gasteiger partial charge in [0.25, 0.3) is 0 Å². The lowest BCUT2D eigenvalue weighted by atomic mass is 9.81. The molecule has 1 saturated heterocycles. The van der Waals surface area contributed by atoms with Crippen LogP contribution in [-0.2, 0) is 0 Å². The summed E-state index contributed by atoms with van der Waals surface area (Å²) in [7, 11) is 0. The molecule has 1 atom stereocenters. The zero-order valence-corrected chi connectivity index (χ0v) is 11.7. The van der Waals surface area contributed by atoms with Gasteiger partial charge in [0.1, 0.15) is 5.82 Å². The molecule has 19 heavy (non-hydrogen) atoms. The predicted octanol–water partition coefficient (Wildman–Crippen LogP) is 3.46. The first-order chi connectivity index (χ1) is 9.28. The fourth-order valence-corrected chi connectivity index (χ4v) is 3.65. The third kappa shape index (κ3) is 2.62. The standard InChI is InChI=1S/C16H23FN2/c1-2-7-19-8-5-12(6-9-19)15-11-18-16-10-13(17)3-4-14(15)16/h3-4,10,12,15,18H,2,5-9,11H2,1H3. The molecule has 0 bridgehead atoms. The second kappa shape index (κ2) is 5.49. The molecule has 2 aliphatic rings. The Labute approximate surface area is 115 Å². The first kappa shape index (κ1) is 12.9. The third-order valence-corrected chi connectivity index (χ3v) is 4.67. The maximum absolute atomic E-state index is 13.2. The normalized spacial score (nSPS) is 24.2. The molecule has 1 aromatic rings. The summed E-state index contributed by atoms with van der Waals surface area (Å²) in [5, 5.41) is 3.37. The first-order valence-electron chi connectivity index (χ1n) is 7.53. The maximum Gasteiger partial charge on any atom is 0.125 e. The van der Waals surface area contributed by atoms with Crippen molar-refractivity contribution in [1.82, 2.24) is 4.90 Å². The number of fused-ring (bicyclic) bond motifs is 1. The molecule has 0 aromatic heterocycles. The smallest absolute Gasteiger partial charge is 0.125 e. The van der Waals surface area contributed by atoms with E-state index in [9.17, 15) is 4.39 Å². The number of hydrogen-bond donors (Lipinski definition) is 1. The Morgan fingerprint density at radius 1 is 1.32 bits per heavy atom. The minimum absolute atomic E-state index is 0.135. The zero-order chi connectivity index (χ0) is 13.2. The number of nitrogens with one attached hydrogen (secondary N) is 1. The van der Waals surface area contributed by atoms with Crippen molar-refractivity contribution in [2.24, 2.45) is 5.92 Å². The highest BCUT2D eigenvalue weighted by Crippen LogP contribution is 2.40. The van der Waals surface area contributed by atoms with Gasteiger partial charge in [0.05, 0.1) is 0 Å². The SMILES string of the molecule is CCCN1CCC(C2CNc3cc(F)ccc32)CC1. The van der Waals surface area contributed by atoms with Crippen LogP contribution in [0.4, 0.5) is 10.1 Å². The highest BCUT2D eigenvalue weighted by Gasteiger charge is 2.32. The van der Waals surface area contributed by atoms with E-state index in [4.69, 9.17) is 0 Å². The van der Waals surface area contributed by atoms with Crippen molar-refractivity contribution in [2.75, 3.05) is 31.5 Å². The van der Waals surface area contributed by atoms with Gasteiger partial charge in [-0.2, -0.15) is 0 Å². The van der Waals surface area contributed by atoms with Crippen LogP contribution in [0.25, 0.3) is 0 Å². The summed E-state index contributed by atoms with van der Waals surface area (Å²) in [5.41, 5.74) is 2.34. The average molecular weight is 262 g/mol. The number of nitrogens with zero attached hydrogens (tertiary/aromatic N) is 1. The van der Waals surface area contributed by atoms with E-state index < -0.39 is 0 Å². The van der Waals surface area contributed by atoms with Gasteiger partial charge < -0.3 is 10.2 Å². The van der Waals surface area contributed by atoms with Gasteiger partial charge in [-0.25, -0.2) is 4.39 Å². The Morgan fingerprint density at radius 3 is 2.84 bits per heavy atom. The molecular weight excluding hydrogens is 239 g/mol. The van der Waals surface area contributed by atoms with Gasteiger partial charge in [0.15, 0.2) is 0 Å². The van der Waals surface area contributed by atoms with Crippen molar-refractivity contribution in [1.29, 1.82) is 0 Å². The van der Waals surface area contributed by atoms with E-state index in [0.29, 0.717) is 5.92 Å². The largest absolute Gasteiger partial charge is 0.384 e. The van der Waals surface area contributed by atoms with Gasteiger partial charge in [-0.1, -0.05) is 13.0 Å². The van der Waals surface area contributed by atoms with E-state index in [1.807, 2.05) is 6.07 Å². The van der Waals surface area contributed by atoms with Crippen LogP contribution in [-0.4, -0.2) is 31.1 Å². The number of rotatable bonds is 3. The van der Waals surface area contributed by atoms with Crippen molar-refractivity contribution in [3.8, 4) is 0 Å². The van der Waals surface area contributed by atoms with Crippen LogP contribution in [0.3, 0.4) is 0 Å². The molecule has 104 valence electrons. The lowest BCUT2D eigenvalue weighted by molar-refractivity contribution is 0.172. The molecule has 0 saturated carbocycles. The van der Waals surface area contributed by atoms with Gasteiger partial charge in [-0.3, -0.25) is 0 Å². The van der Waals surface area contributed by atoms with Crippen molar-refractivity contribution in [2.45, 2.75) is 32.1 Å².